The van der Waals surface area contributed by atoms with E-state index in [-0.39, 0.29) is 57.0 Å². The predicted octanol–water partition coefficient (Wildman–Crippen LogP) is 7.42. The van der Waals surface area contributed by atoms with Crippen LogP contribution in [0, 0.1) is 5.92 Å². The summed E-state index contributed by atoms with van der Waals surface area (Å²) in [5.74, 6) is -0.639. The first-order valence-corrected chi connectivity index (χ1v) is 24.6. The predicted molar refractivity (Wildman–Crippen MR) is 237 cm³/mol. The van der Waals surface area contributed by atoms with E-state index in [2.05, 4.69) is 5.32 Å². The van der Waals surface area contributed by atoms with E-state index in [0.29, 0.717) is 48.0 Å². The van der Waals surface area contributed by atoms with Crippen LogP contribution in [0.5, 0.6) is 5.75 Å². The molecule has 1 spiro atoms. The molecule has 0 radical (unpaired) electrons. The smallest absolute Gasteiger partial charge is 0.264 e. The van der Waals surface area contributed by atoms with Crippen molar-refractivity contribution in [3.8, 4) is 5.75 Å². The van der Waals surface area contributed by atoms with E-state index < -0.39 is 37.6 Å². The molecule has 4 aromatic rings. The van der Waals surface area contributed by atoms with Crippen molar-refractivity contribution in [3.05, 3.63) is 118 Å². The van der Waals surface area contributed by atoms with Crippen LogP contribution >= 0.6 is 11.6 Å². The van der Waals surface area contributed by atoms with Crippen LogP contribution < -0.4 is 19.9 Å². The van der Waals surface area contributed by atoms with Gasteiger partial charge in [-0.25, -0.2) is 0 Å². The molecule has 1 unspecified atom stereocenters. The monoisotopic (exact) mass is 870 g/mol. The molecule has 3 heterocycles. The summed E-state index contributed by atoms with van der Waals surface area (Å²) < 4.78 is 29.2. The second kappa shape index (κ2) is 18.8. The van der Waals surface area contributed by atoms with Crippen LogP contribution in [0.4, 0.5) is 21.2 Å². The van der Waals surface area contributed by atoms with Crippen molar-refractivity contribution in [2.45, 2.75) is 89.0 Å². The minimum absolute atomic E-state index is 0.0919. The molecule has 1 saturated heterocycles. The number of fused-ring (bicyclic) bond motifs is 3. The number of hydrogen-bond acceptors (Lipinski definition) is 8. The van der Waals surface area contributed by atoms with Crippen LogP contribution in [0.15, 0.2) is 91.0 Å². The zero-order valence-corrected chi connectivity index (χ0v) is 37.0. The molecule has 5 atom stereocenters. The van der Waals surface area contributed by atoms with Gasteiger partial charge in [-0.3, -0.25) is 19.3 Å². The lowest BCUT2D eigenvalue weighted by Crippen LogP contribution is -2.49. The first-order valence-electron chi connectivity index (χ1n) is 21.2. The molecule has 3 amide bonds. The van der Waals surface area contributed by atoms with Crippen molar-refractivity contribution in [3.63, 3.8) is 0 Å². The Balaban J connectivity index is 1.16. The Morgan fingerprint density at radius 1 is 0.984 bits per heavy atom. The van der Waals surface area contributed by atoms with Crippen molar-refractivity contribution in [1.82, 2.24) is 10.2 Å². The number of hydrogen-bond donors (Lipinski definition) is 3. The zero-order valence-electron chi connectivity index (χ0n) is 35.3. The van der Waals surface area contributed by atoms with Crippen LogP contribution in [0.3, 0.4) is 0 Å². The highest BCUT2D eigenvalue weighted by Gasteiger charge is 2.67. The number of anilines is 3. The van der Waals surface area contributed by atoms with Gasteiger partial charge < -0.3 is 38.9 Å². The average Bonchev–Trinajstić information content (AvgIpc) is 3.65. The van der Waals surface area contributed by atoms with E-state index in [0.717, 1.165) is 34.5 Å². The van der Waals surface area contributed by atoms with Crippen LogP contribution in [-0.4, -0.2) is 86.3 Å². The van der Waals surface area contributed by atoms with E-state index in [1.807, 2.05) is 86.6 Å². The van der Waals surface area contributed by atoms with Crippen molar-refractivity contribution >= 4 is 54.8 Å². The van der Waals surface area contributed by atoms with E-state index >= 15 is 8.90 Å². The molecule has 14 heteroatoms. The number of rotatable bonds is 17. The van der Waals surface area contributed by atoms with Gasteiger partial charge in [0, 0.05) is 47.4 Å². The molecule has 324 valence electrons. The first kappa shape index (κ1) is 44.4. The third-order valence-electron chi connectivity index (χ3n) is 12.3. The highest BCUT2D eigenvalue weighted by molar-refractivity contribution is 6.72. The van der Waals surface area contributed by atoms with Crippen LogP contribution in [0.25, 0.3) is 0 Å². The van der Waals surface area contributed by atoms with Crippen LogP contribution in [0.1, 0.15) is 55.4 Å². The number of ether oxygens (including phenoxy) is 2. The Kier molecular flexibility index (Phi) is 13.7. The highest BCUT2D eigenvalue weighted by atomic mass is 35.5. The van der Waals surface area contributed by atoms with Crippen LogP contribution in [-0.2, 0) is 44.2 Å². The fourth-order valence-corrected chi connectivity index (χ4v) is 12.2. The van der Waals surface area contributed by atoms with Gasteiger partial charge in [0.25, 0.3) is 5.91 Å². The molecule has 0 aromatic heterocycles. The number of aliphatic hydroxyl groups is 2. The minimum atomic E-state index is -3.58. The molecule has 3 aliphatic heterocycles. The Hall–Kier alpha value is -4.63. The molecule has 61 heavy (non-hydrogen) atoms. The van der Waals surface area contributed by atoms with E-state index in [1.54, 1.807) is 46.0 Å². The fourth-order valence-electron chi connectivity index (χ4n) is 9.55. The maximum atomic E-state index is 16.6. The molecule has 1 fully saturated rings. The van der Waals surface area contributed by atoms with Gasteiger partial charge in [0.15, 0.2) is 5.60 Å². The van der Waals surface area contributed by atoms with Gasteiger partial charge in [0.2, 0.25) is 20.2 Å². The molecule has 0 bridgehead atoms. The van der Waals surface area contributed by atoms with Gasteiger partial charge in [-0.05, 0) is 111 Å². The molecule has 0 saturated carbocycles. The molecular weight excluding hydrogens is 815 g/mol. The summed E-state index contributed by atoms with van der Waals surface area (Å²) in [4.78, 5) is 48.1. The Morgan fingerprint density at radius 3 is 2.41 bits per heavy atom. The summed E-state index contributed by atoms with van der Waals surface area (Å²) >= 11 is 6.62. The minimum Gasteiger partial charge on any atom is -0.494 e. The summed E-state index contributed by atoms with van der Waals surface area (Å²) in [5, 5.41) is 22.9. The Bertz CT molecular complexity index is 2210. The van der Waals surface area contributed by atoms with Gasteiger partial charge in [-0.2, -0.15) is 0 Å². The highest BCUT2D eigenvalue weighted by Crippen LogP contribution is 2.60. The van der Waals surface area contributed by atoms with Crippen molar-refractivity contribution in [1.29, 1.82) is 0 Å². The van der Waals surface area contributed by atoms with E-state index in [9.17, 15) is 19.8 Å². The number of carbonyl (C=O) groups excluding carboxylic acids is 3. The van der Waals surface area contributed by atoms with E-state index in [4.69, 9.17) is 21.1 Å². The first-order chi connectivity index (χ1) is 29.3. The van der Waals surface area contributed by atoms with E-state index in [1.165, 1.54) is 0 Å². The topological polar surface area (TPSA) is 132 Å². The summed E-state index contributed by atoms with van der Waals surface area (Å²) in [6, 6.07) is 27.5. The summed E-state index contributed by atoms with van der Waals surface area (Å²) in [6.45, 7) is 8.46. The number of carbonyl (C=O) groups is 3. The number of halogens is 2. The molecular formula is C47H56ClFN4O7Si. The largest absolute Gasteiger partial charge is 0.494 e. The second-order valence-electron chi connectivity index (χ2n) is 16.8. The molecule has 3 N–H and O–H groups in total. The third kappa shape index (κ3) is 9.00. The average molecular weight is 872 g/mol. The number of aliphatic hydroxyl groups excluding tert-OH is 2. The number of unbranched alkanes of at least 4 members (excludes halogenated alkanes) is 1. The van der Waals surface area contributed by atoms with Gasteiger partial charge in [0.1, 0.15) is 5.75 Å². The summed E-state index contributed by atoms with van der Waals surface area (Å²) in [6.07, 6.45) is 0.824. The lowest BCUT2D eigenvalue weighted by Gasteiger charge is -2.35. The maximum absolute atomic E-state index is 16.6. The molecule has 0 aliphatic carbocycles. The Labute approximate surface area is 363 Å². The van der Waals surface area contributed by atoms with Crippen molar-refractivity contribution < 1.29 is 38.2 Å². The summed E-state index contributed by atoms with van der Waals surface area (Å²) in [7, 11) is -3.58. The van der Waals surface area contributed by atoms with Gasteiger partial charge >= 0.3 is 0 Å². The lowest BCUT2D eigenvalue weighted by molar-refractivity contribution is -0.150. The fraction of sp³-hybridized carbons (Fsp3) is 0.426. The SMILES string of the molecule is CCOc1ccc2c(c1)CC(NCCCCO)C(=O)N2c1ccc(CN2C(=O)[C@@]3(O[C@@H](CC(=O)N(CCO)Cc4ccccc4)[C@H]([Si](C)(C)F)[C@H]3C)c3cc(Cl)ccc32)cc1. The number of nitrogens with zero attached hydrogens (tertiary/aromatic N) is 3. The number of benzene rings is 4. The van der Waals surface area contributed by atoms with Crippen molar-refractivity contribution in [2.24, 2.45) is 5.92 Å². The lowest BCUT2D eigenvalue weighted by atomic mass is 9.82. The van der Waals surface area contributed by atoms with Crippen LogP contribution in [0.2, 0.25) is 23.7 Å². The molecule has 7 rings (SSSR count). The maximum Gasteiger partial charge on any atom is 0.264 e. The molecule has 3 aliphatic rings. The molecule has 11 nitrogen and oxygen atoms in total. The zero-order chi connectivity index (χ0) is 43.5. The third-order valence-corrected chi connectivity index (χ3v) is 15.0. The number of nitrogens with one attached hydrogen (secondary N) is 1. The standard InChI is InChI=1S/C47H56ClFN4O7Si/c1-5-59-37-18-20-40-34(25-37)26-39(50-21-9-10-23-54)45(57)53(40)36-16-13-33(14-17-36)30-52-41-19-15-35(48)27-38(41)47(46(52)58)31(2)44(61(3,4)49)42(60-47)28-43(56)51(22-24-55)29-32-11-7-6-8-12-32/h6-8,11-20,25,27,31,39,42,44,50,54-55H,5,9-10,21-24,26,28-30H2,1-4H3/t31-,39?,42+,44-,47+/m1/s1. The molecule has 4 aromatic carbocycles. The van der Waals surface area contributed by atoms with Gasteiger partial charge in [0.05, 0.1) is 49.7 Å². The van der Waals surface area contributed by atoms with Gasteiger partial charge in [-0.15, -0.1) is 0 Å². The van der Waals surface area contributed by atoms with Crippen molar-refractivity contribution in [2.75, 3.05) is 42.7 Å². The quantitative estimate of drug-likeness (QED) is 0.0568. The second-order valence-corrected chi connectivity index (χ2v) is 21.0. The van der Waals surface area contributed by atoms with Gasteiger partial charge in [-0.1, -0.05) is 61.0 Å². The number of amides is 3. The summed E-state index contributed by atoms with van der Waals surface area (Å²) in [5.41, 5.74) is 2.94. The normalized spacial score (nSPS) is 22.2. The Morgan fingerprint density at radius 2 is 1.72 bits per heavy atom.